The normalized spacial score (nSPS) is 15.8. The Morgan fingerprint density at radius 3 is 2.44 bits per heavy atom. The summed E-state index contributed by atoms with van der Waals surface area (Å²) >= 11 is 0. The third-order valence-corrected chi connectivity index (χ3v) is 4.70. The molecule has 0 radical (unpaired) electrons. The molecule has 7 nitrogen and oxygen atoms in total. The molecule has 2 aromatic carbocycles. The summed E-state index contributed by atoms with van der Waals surface area (Å²) in [6, 6.07) is 9.61. The molecule has 0 N–H and O–H groups in total. The number of nitro groups is 1. The lowest BCUT2D eigenvalue weighted by atomic mass is 9.74. The summed E-state index contributed by atoms with van der Waals surface area (Å²) in [5.74, 6) is -0.939. The van der Waals surface area contributed by atoms with Gasteiger partial charge in [0.2, 0.25) is 5.75 Å². The average Bonchev–Trinajstić information content (AvgIpc) is 2.69. The number of nitro benzene ring substituents is 1. The highest BCUT2D eigenvalue weighted by molar-refractivity contribution is 5.86. The second-order valence-corrected chi connectivity index (χ2v) is 6.18. The van der Waals surface area contributed by atoms with Crippen LogP contribution in [0.15, 0.2) is 42.5 Å². The smallest absolute Gasteiger partial charge is 0.322 e. The number of nitrogens with zero attached hydrogens (tertiary/aromatic N) is 1. The molecule has 1 fully saturated rings. The summed E-state index contributed by atoms with van der Waals surface area (Å²) in [4.78, 5) is 23.8. The van der Waals surface area contributed by atoms with Crippen molar-refractivity contribution in [2.45, 2.75) is 18.3 Å². The van der Waals surface area contributed by atoms with E-state index in [1.807, 2.05) is 0 Å². The van der Waals surface area contributed by atoms with E-state index in [-0.39, 0.29) is 17.2 Å². The molecule has 1 saturated heterocycles. The molecule has 1 aliphatic rings. The first-order valence-corrected chi connectivity index (χ1v) is 8.35. The zero-order valence-corrected chi connectivity index (χ0v) is 14.6. The molecular weight excluding hydrogens is 357 g/mol. The molecule has 8 heteroatoms. The fraction of sp³-hybridized carbons (Fsp3) is 0.316. The van der Waals surface area contributed by atoms with E-state index in [1.165, 1.54) is 49.6 Å². The van der Waals surface area contributed by atoms with Gasteiger partial charge in [-0.3, -0.25) is 14.9 Å². The molecule has 0 aromatic heterocycles. The number of methoxy groups -OCH3 is 1. The van der Waals surface area contributed by atoms with Gasteiger partial charge in [0.25, 0.3) is 0 Å². The van der Waals surface area contributed by atoms with Gasteiger partial charge < -0.3 is 14.2 Å². The fourth-order valence-electron chi connectivity index (χ4n) is 3.15. The van der Waals surface area contributed by atoms with Crippen molar-refractivity contribution in [2.24, 2.45) is 0 Å². The van der Waals surface area contributed by atoms with Crippen molar-refractivity contribution in [1.82, 2.24) is 0 Å². The molecule has 1 aliphatic heterocycles. The molecule has 3 rings (SSSR count). The maximum Gasteiger partial charge on any atom is 0.322 e. The lowest BCUT2D eigenvalue weighted by Gasteiger charge is -2.35. The van der Waals surface area contributed by atoms with Crippen molar-refractivity contribution < 1.29 is 28.3 Å². The second-order valence-electron chi connectivity index (χ2n) is 6.18. The van der Waals surface area contributed by atoms with Crippen molar-refractivity contribution in [3.8, 4) is 11.5 Å². The summed E-state index contributed by atoms with van der Waals surface area (Å²) in [6.07, 6.45) is 0.669. The van der Waals surface area contributed by atoms with E-state index in [0.29, 0.717) is 31.6 Å². The Hall–Kier alpha value is -3.00. The topological polar surface area (TPSA) is 87.9 Å². The summed E-state index contributed by atoms with van der Waals surface area (Å²) in [5.41, 5.74) is -0.836. The molecule has 1 heterocycles. The van der Waals surface area contributed by atoms with E-state index in [9.17, 15) is 19.3 Å². The molecule has 0 unspecified atom stereocenters. The van der Waals surface area contributed by atoms with Crippen LogP contribution in [0, 0.1) is 15.9 Å². The first-order chi connectivity index (χ1) is 13.0. The Bertz CT molecular complexity index is 846. The number of carbonyl (C=O) groups is 1. The third-order valence-electron chi connectivity index (χ3n) is 4.70. The maximum atomic E-state index is 13.3. The summed E-state index contributed by atoms with van der Waals surface area (Å²) in [7, 11) is 1.39. The van der Waals surface area contributed by atoms with Gasteiger partial charge in [-0.05, 0) is 42.7 Å². The standard InChI is InChI=1S/C19H18FNO6/c1-25-15-6-7-17(16(12-15)21(23)24)27-18(22)19(8-10-26-11-9-19)13-2-4-14(20)5-3-13/h2-7,12H,8-11H2,1H3. The van der Waals surface area contributed by atoms with Crippen LogP contribution >= 0.6 is 0 Å². The number of esters is 1. The van der Waals surface area contributed by atoms with Crippen molar-refractivity contribution in [1.29, 1.82) is 0 Å². The Balaban J connectivity index is 1.96. The van der Waals surface area contributed by atoms with Crippen LogP contribution in [0.4, 0.5) is 10.1 Å². The van der Waals surface area contributed by atoms with Crippen LogP contribution < -0.4 is 9.47 Å². The van der Waals surface area contributed by atoms with Gasteiger partial charge in [-0.15, -0.1) is 0 Å². The van der Waals surface area contributed by atoms with E-state index in [1.54, 1.807) is 0 Å². The second kappa shape index (κ2) is 7.71. The molecule has 27 heavy (non-hydrogen) atoms. The number of benzene rings is 2. The lowest BCUT2D eigenvalue weighted by Crippen LogP contribution is -2.44. The summed E-state index contributed by atoms with van der Waals surface area (Å²) in [5, 5.41) is 11.3. The average molecular weight is 375 g/mol. The van der Waals surface area contributed by atoms with Gasteiger partial charge in [0.1, 0.15) is 11.6 Å². The maximum absolute atomic E-state index is 13.3. The molecule has 0 atom stereocenters. The molecule has 0 spiro atoms. The van der Waals surface area contributed by atoms with Gasteiger partial charge in [-0.1, -0.05) is 12.1 Å². The van der Waals surface area contributed by atoms with Crippen LogP contribution in [0.2, 0.25) is 0 Å². The minimum Gasteiger partial charge on any atom is -0.496 e. The highest BCUT2D eigenvalue weighted by Crippen LogP contribution is 2.39. The van der Waals surface area contributed by atoms with E-state index >= 15 is 0 Å². The molecular formula is C19H18FNO6. The van der Waals surface area contributed by atoms with Gasteiger partial charge in [-0.2, -0.15) is 0 Å². The largest absolute Gasteiger partial charge is 0.496 e. The molecule has 2 aromatic rings. The predicted molar refractivity (Wildman–Crippen MR) is 93.4 cm³/mol. The van der Waals surface area contributed by atoms with Gasteiger partial charge in [0, 0.05) is 13.2 Å². The molecule has 0 aliphatic carbocycles. The van der Waals surface area contributed by atoms with E-state index < -0.39 is 22.1 Å². The Morgan fingerprint density at radius 2 is 1.85 bits per heavy atom. The molecule has 0 bridgehead atoms. The lowest BCUT2D eigenvalue weighted by molar-refractivity contribution is -0.385. The monoisotopic (exact) mass is 375 g/mol. The first kappa shape index (κ1) is 18.8. The van der Waals surface area contributed by atoms with Crippen LogP contribution in [-0.4, -0.2) is 31.2 Å². The highest BCUT2D eigenvalue weighted by atomic mass is 19.1. The number of halogens is 1. The van der Waals surface area contributed by atoms with Crippen molar-refractivity contribution in [3.63, 3.8) is 0 Å². The Labute approximate surface area is 154 Å². The molecule has 142 valence electrons. The van der Waals surface area contributed by atoms with Crippen LogP contribution in [0.3, 0.4) is 0 Å². The summed E-state index contributed by atoms with van der Waals surface area (Å²) < 4.78 is 29.1. The van der Waals surface area contributed by atoms with E-state index in [0.717, 1.165) is 0 Å². The number of hydrogen-bond acceptors (Lipinski definition) is 6. The highest BCUT2D eigenvalue weighted by Gasteiger charge is 2.44. The van der Waals surface area contributed by atoms with Gasteiger partial charge in [0.15, 0.2) is 0 Å². The quantitative estimate of drug-likeness (QED) is 0.344. The van der Waals surface area contributed by atoms with Gasteiger partial charge in [-0.25, -0.2) is 4.39 Å². The van der Waals surface area contributed by atoms with Crippen LogP contribution in [0.25, 0.3) is 0 Å². The number of carbonyl (C=O) groups excluding carboxylic acids is 1. The van der Waals surface area contributed by atoms with Crippen molar-refractivity contribution in [3.05, 3.63) is 64.0 Å². The number of hydrogen-bond donors (Lipinski definition) is 0. The number of rotatable bonds is 5. The van der Waals surface area contributed by atoms with E-state index in [4.69, 9.17) is 14.2 Å². The van der Waals surface area contributed by atoms with Crippen LogP contribution in [0.1, 0.15) is 18.4 Å². The Kier molecular flexibility index (Phi) is 5.36. The fourth-order valence-corrected chi connectivity index (χ4v) is 3.15. The molecule has 0 saturated carbocycles. The van der Waals surface area contributed by atoms with Gasteiger partial charge in [0.05, 0.1) is 23.5 Å². The predicted octanol–water partition coefficient (Wildman–Crippen LogP) is 3.40. The van der Waals surface area contributed by atoms with Crippen LogP contribution in [-0.2, 0) is 14.9 Å². The van der Waals surface area contributed by atoms with Crippen molar-refractivity contribution in [2.75, 3.05) is 20.3 Å². The summed E-state index contributed by atoms with van der Waals surface area (Å²) in [6.45, 7) is 0.661. The van der Waals surface area contributed by atoms with Crippen LogP contribution in [0.5, 0.6) is 11.5 Å². The van der Waals surface area contributed by atoms with Crippen molar-refractivity contribution >= 4 is 11.7 Å². The zero-order valence-electron chi connectivity index (χ0n) is 14.6. The Morgan fingerprint density at radius 1 is 1.19 bits per heavy atom. The SMILES string of the molecule is COc1ccc(OC(=O)C2(c3ccc(F)cc3)CCOCC2)c([N+](=O)[O-])c1. The first-order valence-electron chi connectivity index (χ1n) is 8.35. The minimum atomic E-state index is -1.06. The van der Waals surface area contributed by atoms with E-state index in [2.05, 4.69) is 0 Å². The zero-order chi connectivity index (χ0) is 19.4. The molecule has 0 amide bonds. The third kappa shape index (κ3) is 3.75. The minimum absolute atomic E-state index is 0.168. The van der Waals surface area contributed by atoms with Gasteiger partial charge >= 0.3 is 11.7 Å². The number of ether oxygens (including phenoxy) is 3.